The van der Waals surface area contributed by atoms with Gasteiger partial charge in [-0.1, -0.05) is 24.4 Å². The number of fused-ring (bicyclic) bond motifs is 1. The number of nitrogens with zero attached hydrogens (tertiary/aromatic N) is 2. The summed E-state index contributed by atoms with van der Waals surface area (Å²) in [6, 6.07) is 12.8. The second kappa shape index (κ2) is 8.10. The molecule has 0 spiro atoms. The van der Waals surface area contributed by atoms with E-state index in [1.807, 2.05) is 24.3 Å². The number of amides is 1. The van der Waals surface area contributed by atoms with Crippen molar-refractivity contribution in [1.82, 2.24) is 4.57 Å². The Bertz CT molecular complexity index is 1030. The summed E-state index contributed by atoms with van der Waals surface area (Å²) in [6.07, 6.45) is 5.02. The number of carbonyl (C=O) groups is 1. The summed E-state index contributed by atoms with van der Waals surface area (Å²) in [5.74, 6) is -0.869. The first-order valence-corrected chi connectivity index (χ1v) is 9.92. The Morgan fingerprint density at radius 3 is 2.46 bits per heavy atom. The van der Waals surface area contributed by atoms with Crippen LogP contribution in [0.3, 0.4) is 0 Å². The van der Waals surface area contributed by atoms with Crippen LogP contribution >= 0.6 is 11.6 Å². The highest BCUT2D eigenvalue weighted by molar-refractivity contribution is 6.31. The minimum absolute atomic E-state index is 0.124. The van der Waals surface area contributed by atoms with Gasteiger partial charge in [-0.2, -0.15) is 0 Å². The number of hydrogen-bond donors (Lipinski definition) is 1. The van der Waals surface area contributed by atoms with Crippen molar-refractivity contribution in [2.45, 2.75) is 32.2 Å². The standard InChI is InChI=1S/C21H22ClN3O3/c22-15-5-10-18-19(13-15)28-21(27)25(18)14-20(26)23-16-6-8-17(9-7-16)24-11-3-1-2-4-12-24/h5-10,13H,1-4,11-12,14H2,(H,23,26). The summed E-state index contributed by atoms with van der Waals surface area (Å²) in [4.78, 5) is 26.9. The van der Waals surface area contributed by atoms with Crippen LogP contribution in [0, 0.1) is 0 Å². The van der Waals surface area contributed by atoms with Crippen LogP contribution in [0.15, 0.2) is 51.7 Å². The fraction of sp³-hybridized carbons (Fsp3) is 0.333. The molecule has 28 heavy (non-hydrogen) atoms. The molecule has 1 aliphatic rings. The third-order valence-corrected chi connectivity index (χ3v) is 5.29. The van der Waals surface area contributed by atoms with E-state index in [2.05, 4.69) is 10.2 Å². The summed E-state index contributed by atoms with van der Waals surface area (Å²) in [7, 11) is 0. The maximum Gasteiger partial charge on any atom is 0.420 e. The van der Waals surface area contributed by atoms with E-state index >= 15 is 0 Å². The maximum atomic E-state index is 12.4. The minimum atomic E-state index is -0.580. The lowest BCUT2D eigenvalue weighted by Crippen LogP contribution is -2.25. The van der Waals surface area contributed by atoms with Gasteiger partial charge in [0.15, 0.2) is 5.58 Å². The quantitative estimate of drug-likeness (QED) is 0.711. The number of halogens is 1. The molecule has 2 heterocycles. The van der Waals surface area contributed by atoms with E-state index in [-0.39, 0.29) is 12.5 Å². The molecule has 1 aliphatic heterocycles. The zero-order chi connectivity index (χ0) is 19.5. The van der Waals surface area contributed by atoms with Gasteiger partial charge in [0, 0.05) is 35.6 Å². The molecule has 0 unspecified atom stereocenters. The normalized spacial score (nSPS) is 14.8. The number of hydrogen-bond acceptors (Lipinski definition) is 4. The van der Waals surface area contributed by atoms with E-state index in [0.717, 1.165) is 13.1 Å². The van der Waals surface area contributed by atoms with Crippen molar-refractivity contribution in [2.75, 3.05) is 23.3 Å². The number of benzene rings is 2. The lowest BCUT2D eigenvalue weighted by atomic mass is 10.2. The molecule has 7 heteroatoms. The first-order chi connectivity index (χ1) is 13.6. The SMILES string of the molecule is O=C(Cn1c(=O)oc2cc(Cl)ccc21)Nc1ccc(N2CCCCCC2)cc1. The average Bonchev–Trinajstić information content (AvgIpc) is 2.86. The zero-order valence-corrected chi connectivity index (χ0v) is 16.2. The highest BCUT2D eigenvalue weighted by Gasteiger charge is 2.14. The number of anilines is 2. The van der Waals surface area contributed by atoms with Crippen LogP contribution in [-0.2, 0) is 11.3 Å². The van der Waals surface area contributed by atoms with Crippen molar-refractivity contribution in [2.24, 2.45) is 0 Å². The molecule has 0 radical (unpaired) electrons. The number of nitrogens with one attached hydrogen (secondary N) is 1. The monoisotopic (exact) mass is 399 g/mol. The zero-order valence-electron chi connectivity index (χ0n) is 15.5. The van der Waals surface area contributed by atoms with Crippen LogP contribution in [0.1, 0.15) is 25.7 Å². The van der Waals surface area contributed by atoms with Gasteiger partial charge in [-0.15, -0.1) is 0 Å². The largest absolute Gasteiger partial charge is 0.420 e. The second-order valence-electron chi connectivity index (χ2n) is 7.06. The molecule has 4 rings (SSSR count). The van der Waals surface area contributed by atoms with Crippen LogP contribution in [0.25, 0.3) is 11.1 Å². The van der Waals surface area contributed by atoms with Gasteiger partial charge >= 0.3 is 5.76 Å². The van der Waals surface area contributed by atoms with Crippen molar-refractivity contribution >= 4 is 40.0 Å². The van der Waals surface area contributed by atoms with Gasteiger partial charge in [-0.25, -0.2) is 4.79 Å². The second-order valence-corrected chi connectivity index (χ2v) is 7.50. The van der Waals surface area contributed by atoms with Crippen molar-refractivity contribution in [3.63, 3.8) is 0 Å². The molecule has 0 bridgehead atoms. The predicted octanol–water partition coefficient (Wildman–Crippen LogP) is 4.27. The molecule has 1 amide bonds. The van der Waals surface area contributed by atoms with Crippen LogP contribution in [-0.4, -0.2) is 23.6 Å². The van der Waals surface area contributed by atoms with Crippen LogP contribution in [0.5, 0.6) is 0 Å². The third kappa shape index (κ3) is 4.07. The van der Waals surface area contributed by atoms with Crippen molar-refractivity contribution in [3.8, 4) is 0 Å². The van der Waals surface area contributed by atoms with Gasteiger partial charge in [0.1, 0.15) is 6.54 Å². The molecule has 1 fully saturated rings. The van der Waals surface area contributed by atoms with E-state index in [9.17, 15) is 9.59 Å². The first-order valence-electron chi connectivity index (χ1n) is 9.54. The van der Waals surface area contributed by atoms with Gasteiger partial charge in [-0.3, -0.25) is 9.36 Å². The molecule has 1 aromatic heterocycles. The van der Waals surface area contributed by atoms with Gasteiger partial charge in [0.05, 0.1) is 5.52 Å². The highest BCUT2D eigenvalue weighted by atomic mass is 35.5. The number of carbonyl (C=O) groups excluding carboxylic acids is 1. The van der Waals surface area contributed by atoms with Gasteiger partial charge in [0.25, 0.3) is 0 Å². The van der Waals surface area contributed by atoms with Crippen molar-refractivity contribution in [3.05, 3.63) is 58.0 Å². The Morgan fingerprint density at radius 2 is 1.75 bits per heavy atom. The summed E-state index contributed by atoms with van der Waals surface area (Å²) >= 11 is 5.92. The molecule has 2 aromatic carbocycles. The smallest absolute Gasteiger partial charge is 0.408 e. The fourth-order valence-electron chi connectivity index (χ4n) is 3.62. The van der Waals surface area contributed by atoms with E-state index in [4.69, 9.17) is 16.0 Å². The minimum Gasteiger partial charge on any atom is -0.408 e. The summed E-state index contributed by atoms with van der Waals surface area (Å²) in [5.41, 5.74) is 2.79. The van der Waals surface area contributed by atoms with Crippen molar-refractivity contribution < 1.29 is 9.21 Å². The molecular formula is C21H22ClN3O3. The number of oxazole rings is 1. The topological polar surface area (TPSA) is 67.5 Å². The Morgan fingerprint density at radius 1 is 1.04 bits per heavy atom. The Labute approximate surface area is 167 Å². The molecule has 0 atom stereocenters. The lowest BCUT2D eigenvalue weighted by Gasteiger charge is -2.22. The summed E-state index contributed by atoms with van der Waals surface area (Å²) in [6.45, 7) is 2.03. The Kier molecular flexibility index (Phi) is 5.39. The molecule has 6 nitrogen and oxygen atoms in total. The Hall–Kier alpha value is -2.73. The first kappa shape index (κ1) is 18.6. The molecule has 0 saturated carbocycles. The van der Waals surface area contributed by atoms with Gasteiger partial charge < -0.3 is 14.6 Å². The average molecular weight is 400 g/mol. The van der Waals surface area contributed by atoms with Crippen LogP contribution in [0.2, 0.25) is 5.02 Å². The molecule has 1 N–H and O–H groups in total. The van der Waals surface area contributed by atoms with E-state index in [0.29, 0.717) is 21.8 Å². The Balaban J connectivity index is 1.44. The lowest BCUT2D eigenvalue weighted by molar-refractivity contribution is -0.116. The highest BCUT2D eigenvalue weighted by Crippen LogP contribution is 2.22. The summed E-state index contributed by atoms with van der Waals surface area (Å²) in [5, 5.41) is 3.32. The molecule has 146 valence electrons. The molecular weight excluding hydrogens is 378 g/mol. The number of aromatic nitrogens is 1. The van der Waals surface area contributed by atoms with Gasteiger partial charge in [-0.05, 0) is 49.2 Å². The van der Waals surface area contributed by atoms with Gasteiger partial charge in [0.2, 0.25) is 5.91 Å². The fourth-order valence-corrected chi connectivity index (χ4v) is 3.78. The van der Waals surface area contributed by atoms with E-state index in [1.54, 1.807) is 18.2 Å². The van der Waals surface area contributed by atoms with Crippen LogP contribution < -0.4 is 16.0 Å². The maximum absolute atomic E-state index is 12.4. The number of rotatable bonds is 4. The van der Waals surface area contributed by atoms with E-state index < -0.39 is 5.76 Å². The predicted molar refractivity (Wildman–Crippen MR) is 111 cm³/mol. The molecule has 1 saturated heterocycles. The van der Waals surface area contributed by atoms with Crippen molar-refractivity contribution in [1.29, 1.82) is 0 Å². The summed E-state index contributed by atoms with van der Waals surface area (Å²) < 4.78 is 6.46. The van der Waals surface area contributed by atoms with Crippen LogP contribution in [0.4, 0.5) is 11.4 Å². The molecule has 0 aliphatic carbocycles. The third-order valence-electron chi connectivity index (χ3n) is 5.05. The van der Waals surface area contributed by atoms with E-state index in [1.165, 1.54) is 35.9 Å². The molecule has 3 aromatic rings.